The number of primary amides is 1. The zero-order chi connectivity index (χ0) is 18.5. The molecule has 1 heterocycles. The van der Waals surface area contributed by atoms with Gasteiger partial charge in [-0.2, -0.15) is 0 Å². The van der Waals surface area contributed by atoms with Crippen molar-refractivity contribution in [3.63, 3.8) is 0 Å². The molecule has 132 valence electrons. The highest BCUT2D eigenvalue weighted by Gasteiger charge is 2.11. The monoisotopic (exact) mass is 350 g/mol. The van der Waals surface area contributed by atoms with Crippen LogP contribution in [0.2, 0.25) is 0 Å². The zero-order valence-corrected chi connectivity index (χ0v) is 14.2. The van der Waals surface area contributed by atoms with Crippen LogP contribution in [0, 0.1) is 0 Å². The van der Waals surface area contributed by atoms with Gasteiger partial charge >= 0.3 is 0 Å². The van der Waals surface area contributed by atoms with Crippen LogP contribution in [0.3, 0.4) is 0 Å². The van der Waals surface area contributed by atoms with Crippen LogP contribution in [0.4, 0.5) is 0 Å². The molecule has 0 aliphatic heterocycles. The van der Waals surface area contributed by atoms with Crippen LogP contribution in [-0.4, -0.2) is 44.0 Å². The molecule has 0 atom stereocenters. The molecule has 8 nitrogen and oxygen atoms in total. The van der Waals surface area contributed by atoms with Gasteiger partial charge in [-0.15, -0.1) is 5.10 Å². The minimum atomic E-state index is -0.483. The van der Waals surface area contributed by atoms with E-state index in [0.29, 0.717) is 12.1 Å². The van der Waals surface area contributed by atoms with E-state index in [4.69, 9.17) is 5.73 Å². The van der Waals surface area contributed by atoms with E-state index in [1.54, 1.807) is 34.8 Å². The Balaban J connectivity index is 1.62. The van der Waals surface area contributed by atoms with Crippen LogP contribution in [0.5, 0.6) is 0 Å². The van der Waals surface area contributed by atoms with Gasteiger partial charge in [0, 0.05) is 19.2 Å². The summed E-state index contributed by atoms with van der Waals surface area (Å²) in [4.78, 5) is 25.3. The van der Waals surface area contributed by atoms with Crippen molar-refractivity contribution in [2.45, 2.75) is 13.0 Å². The number of hydrogen-bond donors (Lipinski definition) is 1. The maximum atomic E-state index is 12.4. The molecule has 8 heteroatoms. The molecule has 2 N–H and O–H groups in total. The van der Waals surface area contributed by atoms with Crippen molar-refractivity contribution in [1.82, 2.24) is 25.1 Å². The van der Waals surface area contributed by atoms with E-state index in [0.717, 1.165) is 16.8 Å². The number of tetrazole rings is 1. The molecule has 26 heavy (non-hydrogen) atoms. The standard InChI is InChI=1S/C18H18N6O2/c1-23(11-14-3-2-4-15(9-14)18(19)26)17(25)10-13-5-7-16(8-6-13)24-12-20-21-22-24/h2-9,12H,10-11H2,1H3,(H2,19,26). The summed E-state index contributed by atoms with van der Waals surface area (Å²) < 4.78 is 1.55. The molecule has 0 saturated heterocycles. The summed E-state index contributed by atoms with van der Waals surface area (Å²) in [5.74, 6) is -0.506. The lowest BCUT2D eigenvalue weighted by Gasteiger charge is -2.18. The molecule has 0 aliphatic rings. The Morgan fingerprint density at radius 3 is 2.54 bits per heavy atom. The molecule has 0 saturated carbocycles. The van der Waals surface area contributed by atoms with Gasteiger partial charge in [0.05, 0.1) is 12.1 Å². The average molecular weight is 350 g/mol. The fourth-order valence-electron chi connectivity index (χ4n) is 2.54. The van der Waals surface area contributed by atoms with Crippen molar-refractivity contribution >= 4 is 11.8 Å². The predicted molar refractivity (Wildman–Crippen MR) is 94.3 cm³/mol. The smallest absolute Gasteiger partial charge is 0.248 e. The molecule has 0 radical (unpaired) electrons. The minimum absolute atomic E-state index is 0.0235. The van der Waals surface area contributed by atoms with E-state index in [1.807, 2.05) is 30.3 Å². The third-order valence-electron chi connectivity index (χ3n) is 3.96. The van der Waals surface area contributed by atoms with E-state index in [9.17, 15) is 9.59 Å². The topological polar surface area (TPSA) is 107 Å². The summed E-state index contributed by atoms with van der Waals surface area (Å²) in [6.45, 7) is 0.405. The highest BCUT2D eigenvalue weighted by Crippen LogP contribution is 2.11. The van der Waals surface area contributed by atoms with Crippen LogP contribution in [0.25, 0.3) is 5.69 Å². The Labute approximate surface area is 150 Å². The Hall–Kier alpha value is -3.55. The van der Waals surface area contributed by atoms with Gasteiger partial charge in [0.2, 0.25) is 11.8 Å². The predicted octanol–water partition coefficient (Wildman–Crippen LogP) is 0.962. The quantitative estimate of drug-likeness (QED) is 0.712. The second-order valence-corrected chi connectivity index (χ2v) is 5.91. The number of rotatable bonds is 6. The fraction of sp³-hybridized carbons (Fsp3) is 0.167. The molecular formula is C18H18N6O2. The van der Waals surface area contributed by atoms with Crippen molar-refractivity contribution in [3.05, 3.63) is 71.5 Å². The normalized spacial score (nSPS) is 10.5. The van der Waals surface area contributed by atoms with Crippen molar-refractivity contribution in [1.29, 1.82) is 0 Å². The minimum Gasteiger partial charge on any atom is -0.366 e. The lowest BCUT2D eigenvalue weighted by atomic mass is 10.1. The maximum absolute atomic E-state index is 12.4. The molecular weight excluding hydrogens is 332 g/mol. The Bertz CT molecular complexity index is 906. The number of benzene rings is 2. The fourth-order valence-corrected chi connectivity index (χ4v) is 2.54. The number of nitrogens with two attached hydrogens (primary N) is 1. The molecule has 0 aliphatic carbocycles. The second kappa shape index (κ2) is 7.56. The Morgan fingerprint density at radius 2 is 1.88 bits per heavy atom. The van der Waals surface area contributed by atoms with Gasteiger partial charge in [0.1, 0.15) is 6.33 Å². The van der Waals surface area contributed by atoms with Gasteiger partial charge < -0.3 is 10.6 Å². The molecule has 2 aromatic carbocycles. The van der Waals surface area contributed by atoms with Gasteiger partial charge in [0.25, 0.3) is 0 Å². The summed E-state index contributed by atoms with van der Waals surface area (Å²) in [6, 6.07) is 14.4. The number of nitrogens with zero attached hydrogens (tertiary/aromatic N) is 5. The van der Waals surface area contributed by atoms with E-state index in [2.05, 4.69) is 15.5 Å². The Kier molecular flexibility index (Phi) is 5.02. The number of carbonyl (C=O) groups excluding carboxylic acids is 2. The molecule has 0 fully saturated rings. The van der Waals surface area contributed by atoms with E-state index in [-0.39, 0.29) is 12.3 Å². The van der Waals surface area contributed by atoms with E-state index >= 15 is 0 Å². The number of aromatic nitrogens is 4. The van der Waals surface area contributed by atoms with Gasteiger partial charge in [-0.3, -0.25) is 9.59 Å². The summed E-state index contributed by atoms with van der Waals surface area (Å²) in [5, 5.41) is 11.0. The molecule has 0 spiro atoms. The largest absolute Gasteiger partial charge is 0.366 e. The summed E-state index contributed by atoms with van der Waals surface area (Å²) in [7, 11) is 1.73. The van der Waals surface area contributed by atoms with Crippen LogP contribution < -0.4 is 5.73 Å². The van der Waals surface area contributed by atoms with Crippen molar-refractivity contribution < 1.29 is 9.59 Å². The van der Waals surface area contributed by atoms with Crippen LogP contribution in [0.15, 0.2) is 54.9 Å². The number of amides is 2. The molecule has 3 rings (SSSR count). The second-order valence-electron chi connectivity index (χ2n) is 5.91. The third-order valence-corrected chi connectivity index (χ3v) is 3.96. The van der Waals surface area contributed by atoms with Gasteiger partial charge in [-0.1, -0.05) is 24.3 Å². The first kappa shape index (κ1) is 17.3. The lowest BCUT2D eigenvalue weighted by Crippen LogP contribution is -2.27. The SMILES string of the molecule is CN(Cc1cccc(C(N)=O)c1)C(=O)Cc1ccc(-n2cnnn2)cc1. The number of carbonyl (C=O) groups is 2. The highest BCUT2D eigenvalue weighted by atomic mass is 16.2. The van der Waals surface area contributed by atoms with Crippen LogP contribution >= 0.6 is 0 Å². The average Bonchev–Trinajstić information content (AvgIpc) is 3.17. The molecule has 2 amide bonds. The summed E-state index contributed by atoms with van der Waals surface area (Å²) >= 11 is 0. The van der Waals surface area contributed by atoms with Crippen molar-refractivity contribution in [2.24, 2.45) is 5.73 Å². The first-order valence-corrected chi connectivity index (χ1v) is 7.98. The maximum Gasteiger partial charge on any atom is 0.248 e. The van der Waals surface area contributed by atoms with Crippen molar-refractivity contribution in [2.75, 3.05) is 7.05 Å². The first-order valence-electron chi connectivity index (χ1n) is 7.98. The summed E-state index contributed by atoms with van der Waals surface area (Å²) in [6.07, 6.45) is 1.79. The third kappa shape index (κ3) is 4.10. The van der Waals surface area contributed by atoms with Crippen molar-refractivity contribution in [3.8, 4) is 5.69 Å². The Morgan fingerprint density at radius 1 is 1.12 bits per heavy atom. The van der Waals surface area contributed by atoms with Gasteiger partial charge in [0.15, 0.2) is 0 Å². The van der Waals surface area contributed by atoms with E-state index in [1.165, 1.54) is 6.33 Å². The van der Waals surface area contributed by atoms with Gasteiger partial charge in [-0.05, 0) is 45.8 Å². The van der Waals surface area contributed by atoms with E-state index < -0.39 is 5.91 Å². The van der Waals surface area contributed by atoms with Crippen LogP contribution in [0.1, 0.15) is 21.5 Å². The number of likely N-dealkylation sites (N-methyl/N-ethyl adjacent to an activating group) is 1. The van der Waals surface area contributed by atoms with Gasteiger partial charge in [-0.25, -0.2) is 4.68 Å². The number of hydrogen-bond acceptors (Lipinski definition) is 5. The zero-order valence-electron chi connectivity index (χ0n) is 14.2. The van der Waals surface area contributed by atoms with Crippen LogP contribution in [-0.2, 0) is 17.8 Å². The first-order chi connectivity index (χ1) is 12.5. The molecule has 0 unspecified atom stereocenters. The lowest BCUT2D eigenvalue weighted by molar-refractivity contribution is -0.129. The molecule has 0 bridgehead atoms. The summed E-state index contributed by atoms with van der Waals surface area (Å²) in [5.41, 5.74) is 8.29. The molecule has 1 aromatic heterocycles. The molecule has 3 aromatic rings. The highest BCUT2D eigenvalue weighted by molar-refractivity contribution is 5.92.